The molecule has 0 saturated heterocycles. The van der Waals surface area contributed by atoms with E-state index in [9.17, 15) is 13.2 Å². The van der Waals surface area contributed by atoms with E-state index in [2.05, 4.69) is 15.3 Å². The van der Waals surface area contributed by atoms with Gasteiger partial charge in [-0.3, -0.25) is 0 Å². The van der Waals surface area contributed by atoms with Crippen LogP contribution in [0.2, 0.25) is 0 Å². The molecule has 0 amide bonds. The van der Waals surface area contributed by atoms with Gasteiger partial charge in [0.05, 0.1) is 5.56 Å². The maximum atomic E-state index is 12.3. The molecule has 0 radical (unpaired) electrons. The van der Waals surface area contributed by atoms with Gasteiger partial charge in [0.1, 0.15) is 0 Å². The maximum Gasteiger partial charge on any atom is 0.419 e. The smallest absolute Gasteiger partial charge is 0.342 e. The molecule has 18 heavy (non-hydrogen) atoms. The topological polar surface area (TPSA) is 41.1 Å². The first kappa shape index (κ1) is 14.7. The standard InChI is InChI=1S/C11H17F3N4/c1-4-9(15-2)7-18(3)10-16-5-8(6-17-10)11(12,13)14/h5-6,9,15H,4,7H2,1-3H3/t9-/m0/s1. The van der Waals surface area contributed by atoms with E-state index in [1.54, 1.807) is 11.9 Å². The van der Waals surface area contributed by atoms with Crippen molar-refractivity contribution in [2.45, 2.75) is 25.6 Å². The number of hydrogen-bond acceptors (Lipinski definition) is 4. The summed E-state index contributed by atoms with van der Waals surface area (Å²) in [5.41, 5.74) is -0.833. The lowest BCUT2D eigenvalue weighted by atomic mass is 10.2. The summed E-state index contributed by atoms with van der Waals surface area (Å²) in [5.74, 6) is 0.289. The fourth-order valence-electron chi connectivity index (χ4n) is 1.50. The van der Waals surface area contributed by atoms with Crippen molar-refractivity contribution in [3.05, 3.63) is 18.0 Å². The fourth-order valence-corrected chi connectivity index (χ4v) is 1.50. The lowest BCUT2D eigenvalue weighted by molar-refractivity contribution is -0.138. The van der Waals surface area contributed by atoms with E-state index in [1.165, 1.54) is 0 Å². The van der Waals surface area contributed by atoms with E-state index in [0.29, 0.717) is 6.54 Å². The first-order valence-corrected chi connectivity index (χ1v) is 5.66. The molecule has 4 nitrogen and oxygen atoms in total. The van der Waals surface area contributed by atoms with Crippen LogP contribution in [-0.4, -0.2) is 36.6 Å². The second-order valence-electron chi connectivity index (χ2n) is 4.04. The van der Waals surface area contributed by atoms with Gasteiger partial charge in [0.25, 0.3) is 0 Å². The first-order valence-electron chi connectivity index (χ1n) is 5.66. The molecule has 1 rings (SSSR count). The van der Waals surface area contributed by atoms with Gasteiger partial charge in [0.15, 0.2) is 0 Å². The van der Waals surface area contributed by atoms with Crippen LogP contribution in [0.5, 0.6) is 0 Å². The Morgan fingerprint density at radius 1 is 1.33 bits per heavy atom. The van der Waals surface area contributed by atoms with Crippen LogP contribution < -0.4 is 10.2 Å². The van der Waals surface area contributed by atoms with Crippen LogP contribution in [0.3, 0.4) is 0 Å². The predicted molar refractivity (Wildman–Crippen MR) is 63.4 cm³/mol. The number of likely N-dealkylation sites (N-methyl/N-ethyl adjacent to an activating group) is 2. The molecule has 1 aromatic rings. The lowest BCUT2D eigenvalue weighted by Crippen LogP contribution is -2.37. The van der Waals surface area contributed by atoms with E-state index < -0.39 is 11.7 Å². The number of alkyl halides is 3. The van der Waals surface area contributed by atoms with Gasteiger partial charge in [0.2, 0.25) is 5.95 Å². The van der Waals surface area contributed by atoms with Crippen molar-refractivity contribution in [2.75, 3.05) is 25.5 Å². The van der Waals surface area contributed by atoms with Crippen molar-refractivity contribution in [1.82, 2.24) is 15.3 Å². The second-order valence-corrected chi connectivity index (χ2v) is 4.04. The SMILES string of the molecule is CC[C@@H](CN(C)c1ncc(C(F)(F)F)cn1)NC. The molecular formula is C11H17F3N4. The molecule has 1 aromatic heterocycles. The summed E-state index contributed by atoms with van der Waals surface area (Å²) < 4.78 is 37.0. The number of halogens is 3. The molecule has 0 spiro atoms. The minimum Gasteiger partial charge on any atom is -0.342 e. The number of nitrogens with zero attached hydrogens (tertiary/aromatic N) is 3. The summed E-state index contributed by atoms with van der Waals surface area (Å²) in [4.78, 5) is 9.19. The highest BCUT2D eigenvalue weighted by molar-refractivity contribution is 5.29. The predicted octanol–water partition coefficient (Wildman–Crippen LogP) is 1.93. The summed E-state index contributed by atoms with van der Waals surface area (Å²) in [6.07, 6.45) is -1.87. The Bertz CT molecular complexity index is 360. The van der Waals surface area contributed by atoms with Crippen molar-refractivity contribution >= 4 is 5.95 Å². The van der Waals surface area contributed by atoms with E-state index in [4.69, 9.17) is 0 Å². The average molecular weight is 262 g/mol. The third kappa shape index (κ3) is 3.83. The summed E-state index contributed by atoms with van der Waals surface area (Å²) in [6, 6.07) is 0.251. The Kier molecular flexibility index (Phi) is 4.89. The van der Waals surface area contributed by atoms with Crippen molar-refractivity contribution in [3.63, 3.8) is 0 Å². The highest BCUT2D eigenvalue weighted by Crippen LogP contribution is 2.28. The highest BCUT2D eigenvalue weighted by atomic mass is 19.4. The van der Waals surface area contributed by atoms with Crippen molar-refractivity contribution in [3.8, 4) is 0 Å². The molecule has 1 N–H and O–H groups in total. The minimum absolute atomic E-state index is 0.251. The quantitative estimate of drug-likeness (QED) is 0.880. The Balaban J connectivity index is 2.73. The van der Waals surface area contributed by atoms with Crippen molar-refractivity contribution < 1.29 is 13.2 Å². The second kappa shape index (κ2) is 5.99. The Hall–Kier alpha value is -1.37. The lowest BCUT2D eigenvalue weighted by Gasteiger charge is -2.23. The molecule has 0 aromatic carbocycles. The van der Waals surface area contributed by atoms with Crippen LogP contribution in [0.1, 0.15) is 18.9 Å². The van der Waals surface area contributed by atoms with Gasteiger partial charge in [-0.05, 0) is 13.5 Å². The molecule has 0 unspecified atom stereocenters. The number of anilines is 1. The van der Waals surface area contributed by atoms with Gasteiger partial charge in [-0.1, -0.05) is 6.92 Å². The molecule has 0 aliphatic heterocycles. The third-order valence-electron chi connectivity index (χ3n) is 2.70. The molecule has 0 aliphatic carbocycles. The van der Waals surface area contributed by atoms with Gasteiger partial charge in [-0.25, -0.2) is 9.97 Å². The molecule has 7 heteroatoms. The van der Waals surface area contributed by atoms with Gasteiger partial charge >= 0.3 is 6.18 Å². The molecule has 1 atom stereocenters. The summed E-state index contributed by atoms with van der Waals surface area (Å²) >= 11 is 0. The highest BCUT2D eigenvalue weighted by Gasteiger charge is 2.31. The Labute approximate surface area is 104 Å². The Morgan fingerprint density at radius 3 is 2.28 bits per heavy atom. The molecule has 0 aliphatic rings. The number of rotatable bonds is 5. The van der Waals surface area contributed by atoms with Crippen LogP contribution in [0.4, 0.5) is 19.1 Å². The van der Waals surface area contributed by atoms with E-state index in [-0.39, 0.29) is 12.0 Å². The van der Waals surface area contributed by atoms with Crippen LogP contribution in [0.15, 0.2) is 12.4 Å². The van der Waals surface area contributed by atoms with Gasteiger partial charge in [-0.2, -0.15) is 13.2 Å². The van der Waals surface area contributed by atoms with E-state index >= 15 is 0 Å². The normalized spacial score (nSPS) is 13.4. The van der Waals surface area contributed by atoms with E-state index in [1.807, 2.05) is 14.0 Å². The largest absolute Gasteiger partial charge is 0.419 e. The molecular weight excluding hydrogens is 245 g/mol. The average Bonchev–Trinajstić information content (AvgIpc) is 2.34. The zero-order valence-corrected chi connectivity index (χ0v) is 10.6. The number of nitrogens with one attached hydrogen (secondary N) is 1. The van der Waals surface area contributed by atoms with Crippen LogP contribution in [0.25, 0.3) is 0 Å². The van der Waals surface area contributed by atoms with Crippen LogP contribution >= 0.6 is 0 Å². The van der Waals surface area contributed by atoms with Crippen molar-refractivity contribution in [1.29, 1.82) is 0 Å². The Morgan fingerprint density at radius 2 is 1.89 bits per heavy atom. The summed E-state index contributed by atoms with van der Waals surface area (Å²) in [6.45, 7) is 2.67. The van der Waals surface area contributed by atoms with Gasteiger partial charge in [-0.15, -0.1) is 0 Å². The molecule has 102 valence electrons. The third-order valence-corrected chi connectivity index (χ3v) is 2.70. The molecule has 1 heterocycles. The van der Waals surface area contributed by atoms with Gasteiger partial charge < -0.3 is 10.2 Å². The first-order chi connectivity index (χ1) is 8.38. The molecule has 0 saturated carbocycles. The molecule has 0 fully saturated rings. The summed E-state index contributed by atoms with van der Waals surface area (Å²) in [5, 5.41) is 3.11. The fraction of sp³-hybridized carbons (Fsp3) is 0.636. The van der Waals surface area contributed by atoms with Crippen molar-refractivity contribution in [2.24, 2.45) is 0 Å². The zero-order chi connectivity index (χ0) is 13.8. The van der Waals surface area contributed by atoms with Crippen LogP contribution in [0, 0.1) is 0 Å². The zero-order valence-electron chi connectivity index (χ0n) is 10.6. The summed E-state index contributed by atoms with van der Waals surface area (Å²) in [7, 11) is 3.60. The molecule has 0 bridgehead atoms. The van der Waals surface area contributed by atoms with Gasteiger partial charge in [0, 0.05) is 32.0 Å². The van der Waals surface area contributed by atoms with Crippen LogP contribution in [-0.2, 0) is 6.18 Å². The maximum absolute atomic E-state index is 12.3. The minimum atomic E-state index is -4.39. The monoisotopic (exact) mass is 262 g/mol. The number of aromatic nitrogens is 2. The van der Waals surface area contributed by atoms with E-state index in [0.717, 1.165) is 18.8 Å². The number of hydrogen-bond donors (Lipinski definition) is 1.